The molecule has 2 rings (SSSR count). The number of carbonyl (C=O) groups is 2. The summed E-state index contributed by atoms with van der Waals surface area (Å²) in [5, 5.41) is 8.59. The number of nitrogens with zero attached hydrogens (tertiary/aromatic N) is 2. The first-order valence-electron chi connectivity index (χ1n) is 7.11. The Balaban J connectivity index is 0.00000242. The number of carbonyl (C=O) groups excluding carboxylic acids is 2. The van der Waals surface area contributed by atoms with E-state index in [-0.39, 0.29) is 36.6 Å². The maximum atomic E-state index is 11.7. The molecule has 1 aromatic heterocycles. The zero-order chi connectivity index (χ0) is 15.1. The molecule has 0 atom stereocenters. The predicted molar refractivity (Wildman–Crippen MR) is 95.7 cm³/mol. The van der Waals surface area contributed by atoms with Gasteiger partial charge in [-0.25, -0.2) is 4.98 Å². The van der Waals surface area contributed by atoms with E-state index >= 15 is 0 Å². The summed E-state index contributed by atoms with van der Waals surface area (Å²) in [6.45, 7) is 2.52. The van der Waals surface area contributed by atoms with Crippen molar-refractivity contribution in [3.05, 3.63) is 18.3 Å². The molecule has 9 heteroatoms. The number of aromatic nitrogens is 1. The van der Waals surface area contributed by atoms with E-state index < -0.39 is 0 Å². The van der Waals surface area contributed by atoms with Crippen molar-refractivity contribution in [1.29, 1.82) is 0 Å². The quantitative estimate of drug-likeness (QED) is 0.650. The molecule has 23 heavy (non-hydrogen) atoms. The summed E-state index contributed by atoms with van der Waals surface area (Å²) in [6.07, 6.45) is 2.91. The standard InChI is InChI=1S/C14H21N5O2.2ClH/c1-15-6-2-3-13(20)18-11-4-5-12(17-9-11)19-8-7-16-14(21)10-19;;/h4-5,9,15H,2-3,6-8,10H2,1H3,(H,16,21)(H,18,20);2*1H. The van der Waals surface area contributed by atoms with Gasteiger partial charge >= 0.3 is 0 Å². The molecule has 0 unspecified atom stereocenters. The molecule has 0 bridgehead atoms. The fraction of sp³-hybridized carbons (Fsp3) is 0.500. The number of rotatable bonds is 6. The minimum absolute atomic E-state index is 0. The second kappa shape index (κ2) is 11.0. The minimum Gasteiger partial charge on any atom is -0.353 e. The van der Waals surface area contributed by atoms with Gasteiger partial charge < -0.3 is 20.9 Å². The van der Waals surface area contributed by atoms with E-state index in [0.29, 0.717) is 25.2 Å². The molecule has 2 amide bonds. The first-order valence-corrected chi connectivity index (χ1v) is 7.11. The van der Waals surface area contributed by atoms with Gasteiger partial charge in [-0.1, -0.05) is 0 Å². The van der Waals surface area contributed by atoms with Crippen molar-refractivity contribution in [2.45, 2.75) is 12.8 Å². The molecule has 3 N–H and O–H groups in total. The number of halogens is 2. The van der Waals surface area contributed by atoms with Crippen LogP contribution < -0.4 is 20.9 Å². The molecule has 1 aliphatic heterocycles. The van der Waals surface area contributed by atoms with E-state index in [1.807, 2.05) is 24.1 Å². The summed E-state index contributed by atoms with van der Waals surface area (Å²) < 4.78 is 0. The summed E-state index contributed by atoms with van der Waals surface area (Å²) in [5.41, 5.74) is 0.676. The number of amides is 2. The summed E-state index contributed by atoms with van der Waals surface area (Å²) in [6, 6.07) is 3.63. The van der Waals surface area contributed by atoms with Gasteiger partial charge in [0.15, 0.2) is 0 Å². The smallest absolute Gasteiger partial charge is 0.239 e. The molecule has 130 valence electrons. The van der Waals surface area contributed by atoms with E-state index in [4.69, 9.17) is 0 Å². The zero-order valence-electron chi connectivity index (χ0n) is 13.0. The Morgan fingerprint density at radius 2 is 2.17 bits per heavy atom. The van der Waals surface area contributed by atoms with Crippen molar-refractivity contribution in [3.8, 4) is 0 Å². The third kappa shape index (κ3) is 7.02. The van der Waals surface area contributed by atoms with Crippen LogP contribution in [-0.4, -0.2) is 50.0 Å². The average Bonchev–Trinajstić information content (AvgIpc) is 2.48. The molecule has 0 spiro atoms. The van der Waals surface area contributed by atoms with Gasteiger partial charge in [0.25, 0.3) is 0 Å². The van der Waals surface area contributed by atoms with Gasteiger partial charge in [-0.05, 0) is 32.1 Å². The number of hydrogen-bond acceptors (Lipinski definition) is 5. The first kappa shape index (κ1) is 21.4. The normalized spacial score (nSPS) is 13.4. The summed E-state index contributed by atoms with van der Waals surface area (Å²) in [4.78, 5) is 29.2. The van der Waals surface area contributed by atoms with Gasteiger partial charge in [-0.2, -0.15) is 0 Å². The highest BCUT2D eigenvalue weighted by molar-refractivity contribution is 5.90. The molecule has 1 fully saturated rings. The lowest BCUT2D eigenvalue weighted by molar-refractivity contribution is -0.120. The Kier molecular flexibility index (Phi) is 10.3. The molecule has 1 saturated heterocycles. The maximum Gasteiger partial charge on any atom is 0.239 e. The van der Waals surface area contributed by atoms with Crippen LogP contribution in [0.15, 0.2) is 18.3 Å². The van der Waals surface area contributed by atoms with Crippen molar-refractivity contribution in [3.63, 3.8) is 0 Å². The molecule has 0 aromatic carbocycles. The molecular formula is C14H23Cl2N5O2. The van der Waals surface area contributed by atoms with Gasteiger partial charge in [0.1, 0.15) is 5.82 Å². The molecule has 2 heterocycles. The number of anilines is 2. The Morgan fingerprint density at radius 1 is 1.39 bits per heavy atom. The molecule has 0 radical (unpaired) electrons. The Labute approximate surface area is 148 Å². The van der Waals surface area contributed by atoms with Gasteiger partial charge in [-0.15, -0.1) is 24.8 Å². The Morgan fingerprint density at radius 3 is 2.78 bits per heavy atom. The summed E-state index contributed by atoms with van der Waals surface area (Å²) >= 11 is 0. The molecule has 1 aliphatic rings. The summed E-state index contributed by atoms with van der Waals surface area (Å²) in [5.74, 6) is 0.736. The van der Waals surface area contributed by atoms with Crippen LogP contribution in [0.5, 0.6) is 0 Å². The van der Waals surface area contributed by atoms with Crippen LogP contribution in [0.4, 0.5) is 11.5 Å². The molecule has 0 saturated carbocycles. The van der Waals surface area contributed by atoms with Crippen LogP contribution in [0.25, 0.3) is 0 Å². The number of pyridine rings is 1. The van der Waals surface area contributed by atoms with Crippen molar-refractivity contribution in [2.75, 3.05) is 43.4 Å². The maximum absolute atomic E-state index is 11.7. The SMILES string of the molecule is CNCCCC(=O)Nc1ccc(N2CCNC(=O)C2)nc1.Cl.Cl. The van der Waals surface area contributed by atoms with E-state index in [1.165, 1.54) is 0 Å². The van der Waals surface area contributed by atoms with Crippen molar-refractivity contribution in [1.82, 2.24) is 15.6 Å². The Bertz CT molecular complexity index is 498. The zero-order valence-corrected chi connectivity index (χ0v) is 14.6. The van der Waals surface area contributed by atoms with Crippen LogP contribution in [-0.2, 0) is 9.59 Å². The third-order valence-electron chi connectivity index (χ3n) is 3.22. The van der Waals surface area contributed by atoms with E-state index in [0.717, 1.165) is 25.3 Å². The van der Waals surface area contributed by atoms with Gasteiger partial charge in [0.05, 0.1) is 18.4 Å². The minimum atomic E-state index is -0.0165. The van der Waals surface area contributed by atoms with Crippen LogP contribution in [0.2, 0.25) is 0 Å². The lowest BCUT2D eigenvalue weighted by Crippen LogP contribution is -2.48. The topological polar surface area (TPSA) is 86.4 Å². The predicted octanol–water partition coefficient (Wildman–Crippen LogP) is 0.799. The Hall–Kier alpha value is -1.57. The van der Waals surface area contributed by atoms with Crippen LogP contribution >= 0.6 is 24.8 Å². The van der Waals surface area contributed by atoms with Gasteiger partial charge in [-0.3, -0.25) is 9.59 Å². The number of hydrogen-bond donors (Lipinski definition) is 3. The first-order chi connectivity index (χ1) is 10.2. The number of piperazine rings is 1. The highest BCUT2D eigenvalue weighted by Crippen LogP contribution is 2.15. The van der Waals surface area contributed by atoms with E-state index in [9.17, 15) is 9.59 Å². The average molecular weight is 364 g/mol. The van der Waals surface area contributed by atoms with Crippen LogP contribution in [0, 0.1) is 0 Å². The monoisotopic (exact) mass is 363 g/mol. The van der Waals surface area contributed by atoms with Crippen LogP contribution in [0.1, 0.15) is 12.8 Å². The van der Waals surface area contributed by atoms with Crippen molar-refractivity contribution >= 4 is 48.1 Å². The largest absolute Gasteiger partial charge is 0.353 e. The van der Waals surface area contributed by atoms with Crippen LogP contribution in [0.3, 0.4) is 0 Å². The molecular weight excluding hydrogens is 341 g/mol. The fourth-order valence-electron chi connectivity index (χ4n) is 2.13. The molecule has 7 nitrogen and oxygen atoms in total. The highest BCUT2D eigenvalue weighted by atomic mass is 35.5. The van der Waals surface area contributed by atoms with Crippen molar-refractivity contribution < 1.29 is 9.59 Å². The third-order valence-corrected chi connectivity index (χ3v) is 3.22. The highest BCUT2D eigenvalue weighted by Gasteiger charge is 2.17. The second-order valence-corrected chi connectivity index (χ2v) is 4.93. The van der Waals surface area contributed by atoms with E-state index in [1.54, 1.807) is 6.20 Å². The lowest BCUT2D eigenvalue weighted by Gasteiger charge is -2.27. The fourth-order valence-corrected chi connectivity index (χ4v) is 2.13. The molecule has 1 aromatic rings. The molecule has 0 aliphatic carbocycles. The van der Waals surface area contributed by atoms with Crippen molar-refractivity contribution in [2.24, 2.45) is 0 Å². The summed E-state index contributed by atoms with van der Waals surface area (Å²) in [7, 11) is 1.86. The van der Waals surface area contributed by atoms with Gasteiger partial charge in [0.2, 0.25) is 11.8 Å². The van der Waals surface area contributed by atoms with E-state index in [2.05, 4.69) is 20.9 Å². The lowest BCUT2D eigenvalue weighted by atomic mass is 10.3. The number of nitrogens with one attached hydrogen (secondary N) is 3. The second-order valence-electron chi connectivity index (χ2n) is 4.93. The van der Waals surface area contributed by atoms with Gasteiger partial charge in [0, 0.05) is 19.5 Å².